The van der Waals surface area contributed by atoms with Crippen molar-refractivity contribution in [3.8, 4) is 0 Å². The molecule has 0 amide bonds. The topological polar surface area (TPSA) is 12.9 Å². The number of nitrogens with zero attached hydrogens (tertiary/aromatic N) is 1. The van der Waals surface area contributed by atoms with Gasteiger partial charge in [0.05, 0.1) is 4.70 Å². The van der Waals surface area contributed by atoms with E-state index in [9.17, 15) is 0 Å². The summed E-state index contributed by atoms with van der Waals surface area (Å²) in [5.74, 6) is 1.07. The lowest BCUT2D eigenvalue weighted by molar-refractivity contribution is 1.18. The normalized spacial score (nSPS) is 10.9. The highest BCUT2D eigenvalue weighted by Gasteiger charge is 2.06. The minimum absolute atomic E-state index is 1.07. The van der Waals surface area contributed by atoms with Crippen LogP contribution >= 0.6 is 39.0 Å². The van der Waals surface area contributed by atoms with Crippen LogP contribution in [0.25, 0.3) is 10.1 Å². The number of aromatic nitrogens is 1. The Morgan fingerprint density at radius 1 is 1.62 bits per heavy atom. The summed E-state index contributed by atoms with van der Waals surface area (Å²) in [6.45, 7) is 2.15. The van der Waals surface area contributed by atoms with Gasteiger partial charge in [-0.2, -0.15) is 0 Å². The van der Waals surface area contributed by atoms with E-state index in [2.05, 4.69) is 39.3 Å². The van der Waals surface area contributed by atoms with Gasteiger partial charge in [-0.1, -0.05) is 6.92 Å². The van der Waals surface area contributed by atoms with E-state index in [-0.39, 0.29) is 0 Å². The number of hydrogen-bond donors (Lipinski definition) is 0. The maximum atomic E-state index is 4.39. The predicted octanol–water partition coefficient (Wildman–Crippen LogP) is 4.17. The van der Waals surface area contributed by atoms with Gasteiger partial charge in [0, 0.05) is 16.1 Å². The summed E-state index contributed by atoms with van der Waals surface area (Å²) in [7, 11) is 0. The van der Waals surface area contributed by atoms with Crippen LogP contribution in [0.4, 0.5) is 0 Å². The first-order chi connectivity index (χ1) is 6.33. The van der Waals surface area contributed by atoms with E-state index in [0.29, 0.717) is 0 Å². The van der Waals surface area contributed by atoms with Crippen LogP contribution in [0, 0.1) is 0 Å². The zero-order chi connectivity index (χ0) is 9.26. The van der Waals surface area contributed by atoms with Crippen molar-refractivity contribution in [2.75, 3.05) is 5.75 Å². The van der Waals surface area contributed by atoms with Gasteiger partial charge in [0.2, 0.25) is 0 Å². The molecular weight excluding hydrogens is 266 g/mol. The van der Waals surface area contributed by atoms with Crippen LogP contribution in [-0.2, 0) is 0 Å². The van der Waals surface area contributed by atoms with E-state index in [1.54, 1.807) is 23.1 Å². The van der Waals surface area contributed by atoms with Crippen LogP contribution in [0.3, 0.4) is 0 Å². The zero-order valence-corrected chi connectivity index (χ0v) is 10.3. The summed E-state index contributed by atoms with van der Waals surface area (Å²) in [4.78, 5) is 4.39. The van der Waals surface area contributed by atoms with E-state index >= 15 is 0 Å². The number of thiophene rings is 1. The molecule has 2 aromatic rings. The Bertz CT molecular complexity index is 424. The third kappa shape index (κ3) is 1.75. The number of pyridine rings is 1. The molecule has 4 heteroatoms. The van der Waals surface area contributed by atoms with E-state index in [1.807, 2.05) is 6.20 Å². The number of hydrogen-bond acceptors (Lipinski definition) is 3. The van der Waals surface area contributed by atoms with E-state index in [4.69, 9.17) is 0 Å². The van der Waals surface area contributed by atoms with Crippen LogP contribution in [0.1, 0.15) is 6.92 Å². The van der Waals surface area contributed by atoms with E-state index in [1.165, 1.54) is 10.1 Å². The summed E-state index contributed by atoms with van der Waals surface area (Å²) in [6.07, 6.45) is 1.88. The molecular formula is C9H8BrNS2. The molecule has 0 radical (unpaired) electrons. The van der Waals surface area contributed by atoms with Crippen molar-refractivity contribution in [2.45, 2.75) is 11.9 Å². The Balaban J connectivity index is 2.64. The van der Waals surface area contributed by atoms with Gasteiger partial charge in [0.1, 0.15) is 5.03 Å². The molecule has 0 spiro atoms. The quantitative estimate of drug-likeness (QED) is 0.762. The molecule has 0 fully saturated rings. The van der Waals surface area contributed by atoms with Crippen molar-refractivity contribution in [3.63, 3.8) is 0 Å². The highest BCUT2D eigenvalue weighted by molar-refractivity contribution is 9.10. The van der Waals surface area contributed by atoms with Gasteiger partial charge in [-0.15, -0.1) is 23.1 Å². The van der Waals surface area contributed by atoms with Crippen LogP contribution in [0.15, 0.2) is 27.1 Å². The average molecular weight is 274 g/mol. The Morgan fingerprint density at radius 2 is 2.46 bits per heavy atom. The van der Waals surface area contributed by atoms with Crippen molar-refractivity contribution in [2.24, 2.45) is 0 Å². The second-order valence-corrected chi connectivity index (χ2v) is 5.53. The number of thioether (sulfide) groups is 1. The Kier molecular flexibility index (Phi) is 2.91. The van der Waals surface area contributed by atoms with Crippen LogP contribution in [-0.4, -0.2) is 10.7 Å². The predicted molar refractivity (Wildman–Crippen MR) is 63.7 cm³/mol. The summed E-state index contributed by atoms with van der Waals surface area (Å²) in [6, 6.07) is 2.13. The number of halogens is 1. The summed E-state index contributed by atoms with van der Waals surface area (Å²) in [5.41, 5.74) is 0. The van der Waals surface area contributed by atoms with Gasteiger partial charge < -0.3 is 0 Å². The van der Waals surface area contributed by atoms with Gasteiger partial charge >= 0.3 is 0 Å². The van der Waals surface area contributed by atoms with Crippen molar-refractivity contribution in [3.05, 3.63) is 22.1 Å². The first-order valence-corrected chi connectivity index (χ1v) is 6.63. The molecule has 0 saturated heterocycles. The molecule has 2 aromatic heterocycles. The lowest BCUT2D eigenvalue weighted by Crippen LogP contribution is -1.80. The second kappa shape index (κ2) is 3.98. The molecule has 2 heterocycles. The fourth-order valence-electron chi connectivity index (χ4n) is 1.15. The van der Waals surface area contributed by atoms with E-state index in [0.717, 1.165) is 15.3 Å². The molecule has 2 rings (SSSR count). The van der Waals surface area contributed by atoms with Gasteiger partial charge in [-0.25, -0.2) is 4.98 Å². The molecule has 0 aliphatic rings. The molecule has 13 heavy (non-hydrogen) atoms. The van der Waals surface area contributed by atoms with E-state index < -0.39 is 0 Å². The molecule has 1 nitrogen and oxygen atoms in total. The molecule has 0 bridgehead atoms. The third-order valence-corrected chi connectivity index (χ3v) is 4.25. The van der Waals surface area contributed by atoms with Gasteiger partial charge in [0.15, 0.2) is 0 Å². The standard InChI is InChI=1S/C9H8BrNS2/c1-2-12-9-8-6(3-4-13-8)7(10)5-11-9/h3-5H,2H2,1H3. The maximum absolute atomic E-state index is 4.39. The highest BCUT2D eigenvalue weighted by Crippen LogP contribution is 2.34. The molecule has 0 aliphatic carbocycles. The van der Waals surface area contributed by atoms with Gasteiger partial charge in [-0.3, -0.25) is 0 Å². The smallest absolute Gasteiger partial charge is 0.114 e. The second-order valence-electron chi connectivity index (χ2n) is 2.51. The van der Waals surface area contributed by atoms with Gasteiger partial charge in [-0.05, 0) is 33.1 Å². The summed E-state index contributed by atoms with van der Waals surface area (Å²) in [5, 5.41) is 4.53. The number of fused-ring (bicyclic) bond motifs is 1. The van der Waals surface area contributed by atoms with Crippen molar-refractivity contribution in [1.29, 1.82) is 0 Å². The lowest BCUT2D eigenvalue weighted by atomic mass is 10.3. The molecule has 0 unspecified atom stereocenters. The first kappa shape index (κ1) is 9.49. The number of rotatable bonds is 2. The molecule has 0 saturated carbocycles. The Hall–Kier alpha value is -0.0600. The fraction of sp³-hybridized carbons (Fsp3) is 0.222. The van der Waals surface area contributed by atoms with Crippen LogP contribution in [0.5, 0.6) is 0 Å². The Morgan fingerprint density at radius 3 is 3.23 bits per heavy atom. The van der Waals surface area contributed by atoms with Crippen molar-refractivity contribution >= 4 is 49.1 Å². The first-order valence-electron chi connectivity index (χ1n) is 3.97. The average Bonchev–Trinajstić information content (AvgIpc) is 2.59. The van der Waals surface area contributed by atoms with Crippen LogP contribution in [0.2, 0.25) is 0 Å². The zero-order valence-electron chi connectivity index (χ0n) is 7.08. The largest absolute Gasteiger partial charge is 0.247 e. The molecule has 0 N–H and O–H groups in total. The summed E-state index contributed by atoms with van der Waals surface area (Å²) >= 11 is 7.05. The monoisotopic (exact) mass is 273 g/mol. The lowest BCUT2D eigenvalue weighted by Gasteiger charge is -2.00. The van der Waals surface area contributed by atoms with Crippen LogP contribution < -0.4 is 0 Å². The minimum atomic E-state index is 1.07. The molecule has 0 aromatic carbocycles. The minimum Gasteiger partial charge on any atom is -0.247 e. The highest BCUT2D eigenvalue weighted by atomic mass is 79.9. The third-order valence-electron chi connectivity index (χ3n) is 1.69. The summed E-state index contributed by atoms with van der Waals surface area (Å²) < 4.78 is 2.38. The molecule has 68 valence electrons. The fourth-order valence-corrected chi connectivity index (χ4v) is 3.47. The van der Waals surface area contributed by atoms with Crippen molar-refractivity contribution < 1.29 is 0 Å². The van der Waals surface area contributed by atoms with Gasteiger partial charge in [0.25, 0.3) is 0 Å². The SMILES string of the molecule is CCSc1ncc(Br)c2ccsc12. The molecule has 0 aliphatic heterocycles. The maximum Gasteiger partial charge on any atom is 0.114 e. The molecule has 0 atom stereocenters. The van der Waals surface area contributed by atoms with Crippen molar-refractivity contribution in [1.82, 2.24) is 4.98 Å². The Labute approximate surface area is 93.7 Å².